The van der Waals surface area contributed by atoms with Crippen molar-refractivity contribution in [3.05, 3.63) is 52.0 Å². The average molecular weight is 389 g/mol. The Hall–Kier alpha value is -1.59. The van der Waals surface area contributed by atoms with Crippen LogP contribution in [0.25, 0.3) is 0 Å². The van der Waals surface area contributed by atoms with Crippen LogP contribution in [0.4, 0.5) is 4.39 Å². The Morgan fingerprint density at radius 2 is 1.96 bits per heavy atom. The summed E-state index contributed by atoms with van der Waals surface area (Å²) in [5.74, 6) is 1.15. The van der Waals surface area contributed by atoms with Crippen molar-refractivity contribution in [3.8, 4) is 5.75 Å². The summed E-state index contributed by atoms with van der Waals surface area (Å²) >= 11 is 12.5. The van der Waals surface area contributed by atoms with Crippen LogP contribution in [0.3, 0.4) is 0 Å². The highest BCUT2D eigenvalue weighted by molar-refractivity contribution is 6.32. The molecule has 0 fully saturated rings. The number of ether oxygens (including phenoxy) is 2. The molecule has 0 aliphatic carbocycles. The first-order chi connectivity index (χ1) is 11.8. The molecular weight excluding hydrogens is 366 g/mol. The van der Waals surface area contributed by atoms with E-state index in [0.29, 0.717) is 34.6 Å². The van der Waals surface area contributed by atoms with Gasteiger partial charge in [0.15, 0.2) is 5.76 Å². The van der Waals surface area contributed by atoms with Crippen LogP contribution in [0.1, 0.15) is 32.8 Å². The molecule has 1 aliphatic heterocycles. The molecule has 138 valence electrons. The van der Waals surface area contributed by atoms with E-state index in [2.05, 4.69) is 26.2 Å². The van der Waals surface area contributed by atoms with Crippen LogP contribution in [0, 0.1) is 0 Å². The molecule has 25 heavy (non-hydrogen) atoms. The molecule has 1 N–H and O–H groups in total. The number of halogens is 3. The third kappa shape index (κ3) is 5.72. The van der Waals surface area contributed by atoms with Crippen LogP contribution >= 0.6 is 23.2 Å². The van der Waals surface area contributed by atoms with Gasteiger partial charge in [0.25, 0.3) is 0 Å². The number of allylic oxidation sites excluding steroid dienone is 1. The van der Waals surface area contributed by atoms with E-state index in [1.165, 1.54) is 0 Å². The Morgan fingerprint density at radius 1 is 1.20 bits per heavy atom. The Kier molecular flexibility index (Phi) is 6.85. The monoisotopic (exact) mass is 388 g/mol. The quantitative estimate of drug-likeness (QED) is 0.655. The fourth-order valence-corrected chi connectivity index (χ4v) is 2.48. The lowest BCUT2D eigenvalue weighted by atomic mass is 10.1. The summed E-state index contributed by atoms with van der Waals surface area (Å²) in [7, 11) is 0. The number of hydrogen-bond acceptors (Lipinski definition) is 4. The second kappa shape index (κ2) is 8.68. The first-order valence-corrected chi connectivity index (χ1v) is 8.80. The summed E-state index contributed by atoms with van der Waals surface area (Å²) in [6, 6.07) is 5.31. The number of hydrogen-bond donors (Lipinski definition) is 1. The average Bonchev–Trinajstić information content (AvgIpc) is 2.54. The second-order valence-electron chi connectivity index (χ2n) is 6.59. The number of nitrogens with one attached hydrogen (secondary N) is 1. The first kappa shape index (κ1) is 19.7. The predicted molar refractivity (Wildman–Crippen MR) is 99.1 cm³/mol. The van der Waals surface area contributed by atoms with Gasteiger partial charge in [0, 0.05) is 18.2 Å². The summed E-state index contributed by atoms with van der Waals surface area (Å²) in [4.78, 5) is 0. The van der Waals surface area contributed by atoms with E-state index >= 15 is 0 Å². The summed E-state index contributed by atoms with van der Waals surface area (Å²) in [5.41, 5.74) is 3.83. The third-order valence-electron chi connectivity index (χ3n) is 3.49. The molecular formula is C18H23Cl2FN2O2. The van der Waals surface area contributed by atoms with Crippen molar-refractivity contribution in [1.82, 2.24) is 10.4 Å². The molecule has 1 aromatic rings. The first-order valence-electron chi connectivity index (χ1n) is 8.04. The third-order valence-corrected chi connectivity index (χ3v) is 4.13. The van der Waals surface area contributed by atoms with E-state index in [1.54, 1.807) is 24.5 Å². The molecule has 0 saturated heterocycles. The Labute approximate surface area is 158 Å². The van der Waals surface area contributed by atoms with Gasteiger partial charge in [0.05, 0.1) is 30.0 Å². The zero-order valence-electron chi connectivity index (χ0n) is 14.6. The van der Waals surface area contributed by atoms with E-state index in [9.17, 15) is 4.39 Å². The van der Waals surface area contributed by atoms with Crippen molar-refractivity contribution in [1.29, 1.82) is 0 Å². The molecule has 7 heteroatoms. The maximum absolute atomic E-state index is 12.1. The van der Waals surface area contributed by atoms with Gasteiger partial charge in [-0.05, 0) is 32.9 Å². The van der Waals surface area contributed by atoms with Gasteiger partial charge in [0.2, 0.25) is 0 Å². The van der Waals surface area contributed by atoms with E-state index in [0.717, 1.165) is 5.56 Å². The van der Waals surface area contributed by atoms with Crippen LogP contribution < -0.4 is 10.2 Å². The van der Waals surface area contributed by atoms with Gasteiger partial charge in [-0.15, -0.1) is 0 Å². The van der Waals surface area contributed by atoms with Crippen molar-refractivity contribution in [2.45, 2.75) is 39.3 Å². The van der Waals surface area contributed by atoms with Gasteiger partial charge in [-0.2, -0.15) is 0 Å². The van der Waals surface area contributed by atoms with E-state index in [-0.39, 0.29) is 12.1 Å². The largest absolute Gasteiger partial charge is 0.493 e. The molecule has 1 aliphatic rings. The predicted octanol–water partition coefficient (Wildman–Crippen LogP) is 5.14. The Morgan fingerprint density at radius 3 is 2.56 bits per heavy atom. The van der Waals surface area contributed by atoms with Gasteiger partial charge >= 0.3 is 0 Å². The number of alkyl halides is 1. The van der Waals surface area contributed by atoms with Crippen molar-refractivity contribution in [2.75, 3.05) is 13.3 Å². The smallest absolute Gasteiger partial charge is 0.157 e. The van der Waals surface area contributed by atoms with Crippen LogP contribution in [0.5, 0.6) is 5.75 Å². The zero-order valence-corrected chi connectivity index (χ0v) is 16.1. The molecule has 0 atom stereocenters. The molecule has 1 heterocycles. The Bertz CT molecular complexity index is 657. The number of benzene rings is 1. The molecule has 0 bridgehead atoms. The van der Waals surface area contributed by atoms with Gasteiger partial charge in [0.1, 0.15) is 17.4 Å². The maximum atomic E-state index is 12.1. The summed E-state index contributed by atoms with van der Waals surface area (Å²) in [6.45, 7) is 6.40. The minimum Gasteiger partial charge on any atom is -0.493 e. The molecule has 0 amide bonds. The number of rotatable bonds is 7. The van der Waals surface area contributed by atoms with Crippen molar-refractivity contribution < 1.29 is 13.9 Å². The summed E-state index contributed by atoms with van der Waals surface area (Å²) in [5, 5.41) is 2.94. The van der Waals surface area contributed by atoms with Crippen molar-refractivity contribution in [2.24, 2.45) is 0 Å². The SMILES string of the molecule is CC(C)(C)N1C=C(Cl)C(OCc2ccc(OCCCF)cc2Cl)=CN1. The van der Waals surface area contributed by atoms with E-state index < -0.39 is 6.67 Å². The standard InChI is InChI=1S/C18H23Cl2FN2O2/c1-18(2,3)23-11-16(20)17(10-22-23)25-12-13-5-6-14(9-15(13)19)24-8-4-7-21/h5-6,9-11,22H,4,7-8,12H2,1-3H3. The molecule has 4 nitrogen and oxygen atoms in total. The molecule has 0 saturated carbocycles. The molecule has 0 radical (unpaired) electrons. The number of hydrazine groups is 1. The van der Waals surface area contributed by atoms with Gasteiger partial charge < -0.3 is 14.9 Å². The van der Waals surface area contributed by atoms with Gasteiger partial charge in [-0.3, -0.25) is 9.40 Å². The highest BCUT2D eigenvalue weighted by Gasteiger charge is 2.22. The fraction of sp³-hybridized carbons (Fsp3) is 0.444. The van der Waals surface area contributed by atoms with E-state index in [4.69, 9.17) is 32.7 Å². The van der Waals surface area contributed by atoms with Crippen LogP contribution in [-0.4, -0.2) is 23.8 Å². The van der Waals surface area contributed by atoms with Crippen LogP contribution in [-0.2, 0) is 11.3 Å². The summed E-state index contributed by atoms with van der Waals surface area (Å²) < 4.78 is 23.3. The molecule has 0 unspecified atom stereocenters. The number of nitrogens with zero attached hydrogens (tertiary/aromatic N) is 1. The van der Waals surface area contributed by atoms with Crippen molar-refractivity contribution >= 4 is 23.2 Å². The topological polar surface area (TPSA) is 33.7 Å². The lowest BCUT2D eigenvalue weighted by Gasteiger charge is -2.36. The maximum Gasteiger partial charge on any atom is 0.157 e. The normalized spacial score (nSPS) is 14.6. The molecule has 2 rings (SSSR count). The van der Waals surface area contributed by atoms with E-state index in [1.807, 2.05) is 11.1 Å². The van der Waals surface area contributed by atoms with Crippen molar-refractivity contribution in [3.63, 3.8) is 0 Å². The van der Waals surface area contributed by atoms with Gasteiger partial charge in [-0.1, -0.05) is 29.3 Å². The lowest BCUT2D eigenvalue weighted by Crippen LogP contribution is -2.46. The minimum atomic E-state index is -0.399. The molecule has 1 aromatic carbocycles. The zero-order chi connectivity index (χ0) is 18.4. The minimum absolute atomic E-state index is 0.108. The summed E-state index contributed by atoms with van der Waals surface area (Å²) in [6.07, 6.45) is 3.87. The highest BCUT2D eigenvalue weighted by atomic mass is 35.5. The molecule has 0 aromatic heterocycles. The second-order valence-corrected chi connectivity index (χ2v) is 7.40. The van der Waals surface area contributed by atoms with Crippen LogP contribution in [0.2, 0.25) is 5.02 Å². The fourth-order valence-electron chi connectivity index (χ4n) is 2.04. The highest BCUT2D eigenvalue weighted by Crippen LogP contribution is 2.27. The lowest BCUT2D eigenvalue weighted by molar-refractivity contribution is 0.141. The van der Waals surface area contributed by atoms with Gasteiger partial charge in [-0.25, -0.2) is 0 Å². The molecule has 0 spiro atoms. The van der Waals surface area contributed by atoms with Crippen LogP contribution in [0.15, 0.2) is 41.4 Å². The Balaban J connectivity index is 1.93.